The van der Waals surface area contributed by atoms with Gasteiger partial charge in [0.25, 0.3) is 5.56 Å². The van der Waals surface area contributed by atoms with Gasteiger partial charge in [0.1, 0.15) is 5.69 Å². The third kappa shape index (κ3) is 2.92. The number of aromatic amines is 1. The third-order valence-corrected chi connectivity index (χ3v) is 4.32. The summed E-state index contributed by atoms with van der Waals surface area (Å²) in [5.41, 5.74) is 5.36. The molecule has 124 valence electrons. The fourth-order valence-electron chi connectivity index (χ4n) is 2.33. The lowest BCUT2D eigenvalue weighted by Crippen LogP contribution is -2.15. The minimum atomic E-state index is -0.303. The molecule has 0 spiro atoms. The molecule has 25 heavy (non-hydrogen) atoms. The predicted octanol–water partition coefficient (Wildman–Crippen LogP) is 2.30. The van der Waals surface area contributed by atoms with Crippen molar-refractivity contribution in [3.8, 4) is 11.3 Å². The maximum absolute atomic E-state index is 11.5. The zero-order valence-corrected chi connectivity index (χ0v) is 14.0. The smallest absolute Gasteiger partial charge is 0.274 e. The fourth-order valence-corrected chi connectivity index (χ4v) is 3.05. The summed E-state index contributed by atoms with van der Waals surface area (Å²) in [6.45, 7) is 1.59. The summed E-state index contributed by atoms with van der Waals surface area (Å²) < 4.78 is 1.96. The van der Waals surface area contributed by atoms with Crippen molar-refractivity contribution in [3.63, 3.8) is 0 Å². The Hall–Kier alpha value is -3.33. The number of thiazole rings is 1. The van der Waals surface area contributed by atoms with E-state index in [2.05, 4.69) is 30.7 Å². The van der Waals surface area contributed by atoms with Gasteiger partial charge in [-0.1, -0.05) is 30.3 Å². The highest BCUT2D eigenvalue weighted by atomic mass is 32.1. The summed E-state index contributed by atoms with van der Waals surface area (Å²) in [6.07, 6.45) is 3.59. The number of H-pyrrole nitrogens is 1. The number of benzene rings is 1. The molecular weight excluding hydrogens is 338 g/mol. The second-order valence-corrected chi connectivity index (χ2v) is 6.10. The van der Waals surface area contributed by atoms with Crippen LogP contribution in [0.1, 0.15) is 11.4 Å². The summed E-state index contributed by atoms with van der Waals surface area (Å²) in [4.78, 5) is 19.7. The molecule has 0 saturated heterocycles. The fraction of sp³-hybridized carbons (Fsp3) is 0.0625. The lowest BCUT2D eigenvalue weighted by atomic mass is 10.1. The van der Waals surface area contributed by atoms with Gasteiger partial charge in [-0.25, -0.2) is 10.4 Å². The summed E-state index contributed by atoms with van der Waals surface area (Å²) in [5.74, 6) is 0.180. The number of aryl methyl sites for hydroxylation is 1. The molecule has 8 nitrogen and oxygen atoms in total. The first kappa shape index (κ1) is 15.2. The molecular formula is C16H13N7OS. The molecule has 0 amide bonds. The van der Waals surface area contributed by atoms with Crippen molar-refractivity contribution in [2.75, 3.05) is 5.43 Å². The van der Waals surface area contributed by atoms with Crippen molar-refractivity contribution >= 4 is 28.5 Å². The Morgan fingerprint density at radius 3 is 2.92 bits per heavy atom. The minimum absolute atomic E-state index is 0.180. The van der Waals surface area contributed by atoms with Crippen LogP contribution in [0.2, 0.25) is 0 Å². The van der Waals surface area contributed by atoms with Gasteiger partial charge in [0.2, 0.25) is 5.95 Å². The van der Waals surface area contributed by atoms with Crippen LogP contribution < -0.4 is 11.0 Å². The van der Waals surface area contributed by atoms with Crippen LogP contribution in [0.3, 0.4) is 0 Å². The van der Waals surface area contributed by atoms with Gasteiger partial charge < -0.3 is 0 Å². The zero-order valence-electron chi connectivity index (χ0n) is 13.2. The van der Waals surface area contributed by atoms with Gasteiger partial charge >= 0.3 is 0 Å². The molecule has 0 aliphatic heterocycles. The molecule has 1 aromatic carbocycles. The van der Waals surface area contributed by atoms with E-state index in [1.807, 2.05) is 46.3 Å². The molecule has 4 rings (SSSR count). The highest BCUT2D eigenvalue weighted by Gasteiger charge is 2.13. The molecule has 3 aromatic heterocycles. The van der Waals surface area contributed by atoms with Gasteiger partial charge in [0.05, 0.1) is 17.6 Å². The number of anilines is 1. The molecule has 0 bridgehead atoms. The van der Waals surface area contributed by atoms with E-state index >= 15 is 0 Å². The second kappa shape index (κ2) is 6.29. The maximum Gasteiger partial charge on any atom is 0.274 e. The highest BCUT2D eigenvalue weighted by molar-refractivity contribution is 7.15. The van der Waals surface area contributed by atoms with Crippen LogP contribution in [-0.4, -0.2) is 30.8 Å². The lowest BCUT2D eigenvalue weighted by molar-refractivity contribution is 0.897. The summed E-state index contributed by atoms with van der Waals surface area (Å²) >= 11 is 1.55. The van der Waals surface area contributed by atoms with Crippen molar-refractivity contribution in [2.24, 2.45) is 5.10 Å². The van der Waals surface area contributed by atoms with Crippen LogP contribution in [0.5, 0.6) is 0 Å². The molecule has 0 saturated carbocycles. The summed E-state index contributed by atoms with van der Waals surface area (Å²) in [6, 6.07) is 9.90. The largest absolute Gasteiger partial charge is 0.289 e. The van der Waals surface area contributed by atoms with Gasteiger partial charge in [-0.05, 0) is 6.92 Å². The minimum Gasteiger partial charge on any atom is -0.289 e. The van der Waals surface area contributed by atoms with Crippen LogP contribution >= 0.6 is 11.3 Å². The highest BCUT2D eigenvalue weighted by Crippen LogP contribution is 2.25. The summed E-state index contributed by atoms with van der Waals surface area (Å²) in [7, 11) is 0. The Morgan fingerprint density at radius 2 is 2.12 bits per heavy atom. The topological polar surface area (TPSA) is 100 Å². The molecule has 0 aliphatic carbocycles. The zero-order chi connectivity index (χ0) is 17.2. The second-order valence-electron chi connectivity index (χ2n) is 5.23. The molecule has 0 radical (unpaired) electrons. The number of hydrazone groups is 1. The van der Waals surface area contributed by atoms with Gasteiger partial charge in [-0.15, -0.1) is 21.5 Å². The predicted molar refractivity (Wildman–Crippen MR) is 97.1 cm³/mol. The van der Waals surface area contributed by atoms with Crippen molar-refractivity contribution in [2.45, 2.75) is 6.92 Å². The van der Waals surface area contributed by atoms with Crippen LogP contribution in [-0.2, 0) is 0 Å². The Bertz CT molecular complexity index is 1110. The van der Waals surface area contributed by atoms with Gasteiger partial charge in [0.15, 0.2) is 4.96 Å². The first-order valence-corrected chi connectivity index (χ1v) is 8.34. The van der Waals surface area contributed by atoms with E-state index in [0.29, 0.717) is 5.69 Å². The summed E-state index contributed by atoms with van der Waals surface area (Å²) in [5, 5.41) is 13.7. The SMILES string of the molecule is Cc1nnc(N/N=C/c2c(-c3ccccc3)nc3sccn23)[nH]c1=O. The maximum atomic E-state index is 11.5. The van der Waals surface area contributed by atoms with Gasteiger partial charge in [-0.3, -0.25) is 14.2 Å². The van der Waals surface area contributed by atoms with Gasteiger partial charge in [0, 0.05) is 17.1 Å². The number of nitrogens with one attached hydrogen (secondary N) is 2. The molecule has 0 atom stereocenters. The number of fused-ring (bicyclic) bond motifs is 1. The Labute approximate surface area is 145 Å². The van der Waals surface area contributed by atoms with E-state index < -0.39 is 0 Å². The first-order valence-electron chi connectivity index (χ1n) is 7.46. The van der Waals surface area contributed by atoms with E-state index in [1.165, 1.54) is 0 Å². The van der Waals surface area contributed by atoms with Crippen LogP contribution in [0.15, 0.2) is 51.8 Å². The van der Waals surface area contributed by atoms with Crippen LogP contribution in [0, 0.1) is 6.92 Å². The average Bonchev–Trinajstić information content (AvgIpc) is 3.21. The quantitative estimate of drug-likeness (QED) is 0.434. The number of nitrogens with zero attached hydrogens (tertiary/aromatic N) is 5. The molecule has 0 unspecified atom stereocenters. The van der Waals surface area contributed by atoms with Crippen molar-refractivity contribution in [3.05, 3.63) is 63.7 Å². The molecule has 4 aromatic rings. The van der Waals surface area contributed by atoms with Gasteiger partial charge in [-0.2, -0.15) is 5.10 Å². The standard InChI is InChI=1S/C16H13N7OS/c1-10-14(24)19-15(22-20-10)21-17-9-12-13(11-5-3-2-4-6-11)18-16-23(12)7-8-25-16/h2-9H,1H3,(H2,19,21,22,24)/b17-9+. The molecule has 0 fully saturated rings. The number of hydrogen-bond acceptors (Lipinski definition) is 7. The first-order chi connectivity index (χ1) is 12.2. The number of hydrogen-bond donors (Lipinski definition) is 2. The number of aromatic nitrogens is 5. The normalized spacial score (nSPS) is 11.4. The van der Waals surface area contributed by atoms with E-state index in [4.69, 9.17) is 0 Å². The van der Waals surface area contributed by atoms with E-state index in [0.717, 1.165) is 21.9 Å². The molecule has 2 N–H and O–H groups in total. The average molecular weight is 351 g/mol. The Kier molecular flexibility index (Phi) is 3.82. The third-order valence-electron chi connectivity index (χ3n) is 3.56. The number of imidazole rings is 1. The van der Waals surface area contributed by atoms with E-state index in [-0.39, 0.29) is 11.5 Å². The molecule has 9 heteroatoms. The number of rotatable bonds is 4. The molecule has 0 aliphatic rings. The Morgan fingerprint density at radius 1 is 1.28 bits per heavy atom. The Balaban J connectivity index is 1.69. The van der Waals surface area contributed by atoms with Crippen molar-refractivity contribution < 1.29 is 0 Å². The van der Waals surface area contributed by atoms with E-state index in [9.17, 15) is 4.79 Å². The van der Waals surface area contributed by atoms with Crippen molar-refractivity contribution in [1.82, 2.24) is 24.6 Å². The van der Waals surface area contributed by atoms with Crippen LogP contribution in [0.4, 0.5) is 5.95 Å². The monoisotopic (exact) mass is 351 g/mol. The van der Waals surface area contributed by atoms with E-state index in [1.54, 1.807) is 24.5 Å². The molecule has 3 heterocycles. The lowest BCUT2D eigenvalue weighted by Gasteiger charge is -2.00. The van der Waals surface area contributed by atoms with Crippen molar-refractivity contribution in [1.29, 1.82) is 0 Å². The van der Waals surface area contributed by atoms with Crippen LogP contribution in [0.25, 0.3) is 16.2 Å².